The molecule has 0 amide bonds. The van der Waals surface area contributed by atoms with Crippen LogP contribution in [-0.2, 0) is 15.3 Å². The average molecular weight is 367 g/mol. The number of halogens is 1. The largest absolute Gasteiger partial charge is 0.355 e. The molecule has 5 nitrogen and oxygen atoms in total. The molecule has 1 saturated heterocycles. The van der Waals surface area contributed by atoms with Gasteiger partial charge in [-0.2, -0.15) is 0 Å². The molecule has 1 aromatic carbocycles. The molecule has 0 unspecified atom stereocenters. The van der Waals surface area contributed by atoms with Crippen LogP contribution in [-0.4, -0.2) is 56.5 Å². The summed E-state index contributed by atoms with van der Waals surface area (Å²) in [6, 6.07) is 6.78. The van der Waals surface area contributed by atoms with Crippen molar-refractivity contribution in [1.82, 2.24) is 10.2 Å². The average Bonchev–Trinajstić information content (AvgIpc) is 3.32. The van der Waals surface area contributed by atoms with Gasteiger partial charge in [0, 0.05) is 32.1 Å². The van der Waals surface area contributed by atoms with E-state index in [1.807, 2.05) is 11.0 Å². The van der Waals surface area contributed by atoms with E-state index in [1.165, 1.54) is 6.07 Å². The summed E-state index contributed by atoms with van der Waals surface area (Å²) in [5.74, 6) is 0.636. The fourth-order valence-corrected chi connectivity index (χ4v) is 4.81. The Morgan fingerprint density at radius 3 is 2.64 bits per heavy atom. The molecule has 0 spiro atoms. The van der Waals surface area contributed by atoms with Gasteiger partial charge in [0.15, 0.2) is 15.8 Å². The third kappa shape index (κ3) is 3.52. The summed E-state index contributed by atoms with van der Waals surface area (Å²) >= 11 is 0. The molecule has 7 heteroatoms. The van der Waals surface area contributed by atoms with Gasteiger partial charge in [0.05, 0.1) is 10.5 Å². The fraction of sp³-hybridized carbons (Fsp3) is 0.611. The van der Waals surface area contributed by atoms with E-state index < -0.39 is 14.6 Å². The number of aliphatic imine (C=N–C) groups is 1. The maximum absolute atomic E-state index is 13.5. The van der Waals surface area contributed by atoms with Crippen LogP contribution < -0.4 is 5.32 Å². The van der Waals surface area contributed by atoms with Crippen molar-refractivity contribution in [1.29, 1.82) is 0 Å². The van der Waals surface area contributed by atoms with Crippen LogP contribution in [0, 0.1) is 5.82 Å². The lowest BCUT2D eigenvalue weighted by molar-refractivity contribution is 0.352. The van der Waals surface area contributed by atoms with Gasteiger partial charge >= 0.3 is 0 Å². The minimum absolute atomic E-state index is 0.0462. The van der Waals surface area contributed by atoms with Crippen molar-refractivity contribution in [2.24, 2.45) is 4.99 Å². The van der Waals surface area contributed by atoms with Crippen molar-refractivity contribution < 1.29 is 12.8 Å². The zero-order valence-electron chi connectivity index (χ0n) is 15.0. The molecule has 1 heterocycles. The molecule has 3 rings (SSSR count). The van der Waals surface area contributed by atoms with Crippen molar-refractivity contribution in [2.75, 3.05) is 32.4 Å². The van der Waals surface area contributed by atoms with Crippen molar-refractivity contribution >= 4 is 15.8 Å². The van der Waals surface area contributed by atoms with E-state index in [0.717, 1.165) is 18.4 Å². The highest BCUT2D eigenvalue weighted by molar-refractivity contribution is 7.92. The third-order valence-electron chi connectivity index (χ3n) is 5.43. The summed E-state index contributed by atoms with van der Waals surface area (Å²) in [4.78, 5) is 6.33. The van der Waals surface area contributed by atoms with E-state index in [0.29, 0.717) is 25.6 Å². The molecule has 1 N–H and O–H groups in total. The van der Waals surface area contributed by atoms with Gasteiger partial charge in [-0.25, -0.2) is 12.8 Å². The van der Waals surface area contributed by atoms with Crippen LogP contribution in [0.2, 0.25) is 0 Å². The Kier molecular flexibility index (Phi) is 4.56. The number of guanidine groups is 1. The topological polar surface area (TPSA) is 61.8 Å². The van der Waals surface area contributed by atoms with Gasteiger partial charge in [0.1, 0.15) is 5.82 Å². The minimum Gasteiger partial charge on any atom is -0.355 e. The smallest absolute Gasteiger partial charge is 0.193 e. The predicted octanol–water partition coefficient (Wildman–Crippen LogP) is 1.94. The number of benzene rings is 1. The zero-order valence-corrected chi connectivity index (χ0v) is 15.9. The standard InChI is InChI=1S/C18H26FN3O2S/c1-17(2)13-22(9-10-25(17,23)24)16(20-3)21-12-18(7-8-18)14-5-4-6-15(19)11-14/h4-6,11H,7-10,12-13H2,1-3H3,(H,20,21). The van der Waals surface area contributed by atoms with E-state index in [4.69, 9.17) is 0 Å². The molecule has 2 fully saturated rings. The number of nitrogens with one attached hydrogen (secondary N) is 1. The molecule has 0 aromatic heterocycles. The summed E-state index contributed by atoms with van der Waals surface area (Å²) in [5, 5.41) is 3.38. The highest BCUT2D eigenvalue weighted by atomic mass is 32.2. The summed E-state index contributed by atoms with van der Waals surface area (Å²) in [5.41, 5.74) is 0.965. The number of hydrogen-bond donors (Lipinski definition) is 1. The van der Waals surface area contributed by atoms with Gasteiger partial charge in [-0.1, -0.05) is 12.1 Å². The predicted molar refractivity (Wildman–Crippen MR) is 98.1 cm³/mol. The molecule has 1 aliphatic heterocycles. The van der Waals surface area contributed by atoms with Gasteiger partial charge < -0.3 is 10.2 Å². The molecule has 2 aliphatic rings. The summed E-state index contributed by atoms with van der Waals surface area (Å²) in [6.45, 7) is 5.06. The number of nitrogens with zero attached hydrogens (tertiary/aromatic N) is 2. The van der Waals surface area contributed by atoms with Crippen LogP contribution >= 0.6 is 0 Å². The van der Waals surface area contributed by atoms with Crippen LogP contribution in [0.5, 0.6) is 0 Å². The Balaban J connectivity index is 1.68. The quantitative estimate of drug-likeness (QED) is 0.655. The minimum atomic E-state index is -3.08. The molecule has 138 valence electrons. The Bertz CT molecular complexity index is 785. The highest BCUT2D eigenvalue weighted by Gasteiger charge is 2.45. The molecule has 0 atom stereocenters. The molecule has 1 aliphatic carbocycles. The summed E-state index contributed by atoms with van der Waals surface area (Å²) in [6.07, 6.45) is 2.03. The molecule has 1 saturated carbocycles. The van der Waals surface area contributed by atoms with Crippen LogP contribution in [0.4, 0.5) is 4.39 Å². The van der Waals surface area contributed by atoms with E-state index in [-0.39, 0.29) is 17.0 Å². The normalized spacial score (nSPS) is 24.0. The Hall–Kier alpha value is -1.63. The SMILES string of the molecule is CN=C(NCC1(c2cccc(F)c2)CC1)N1CCS(=O)(=O)C(C)(C)C1. The molecular weight excluding hydrogens is 341 g/mol. The molecule has 1 aromatic rings. The van der Waals surface area contributed by atoms with E-state index >= 15 is 0 Å². The molecular formula is C18H26FN3O2S. The zero-order chi connectivity index (χ0) is 18.3. The van der Waals surface area contributed by atoms with Gasteiger partial charge in [0.2, 0.25) is 0 Å². The first-order valence-corrected chi connectivity index (χ1v) is 10.3. The van der Waals surface area contributed by atoms with Crippen molar-refractivity contribution in [3.63, 3.8) is 0 Å². The molecule has 0 bridgehead atoms. The van der Waals surface area contributed by atoms with Crippen molar-refractivity contribution in [2.45, 2.75) is 36.9 Å². The highest BCUT2D eigenvalue weighted by Crippen LogP contribution is 2.47. The second-order valence-corrected chi connectivity index (χ2v) is 10.4. The lowest BCUT2D eigenvalue weighted by Crippen LogP contribution is -2.57. The van der Waals surface area contributed by atoms with Crippen LogP contribution in [0.1, 0.15) is 32.3 Å². The van der Waals surface area contributed by atoms with Gasteiger partial charge in [-0.05, 0) is 44.4 Å². The van der Waals surface area contributed by atoms with Gasteiger partial charge in [0.25, 0.3) is 0 Å². The van der Waals surface area contributed by atoms with Gasteiger partial charge in [-0.3, -0.25) is 4.99 Å². The fourth-order valence-electron chi connectivity index (χ4n) is 3.44. The molecule has 25 heavy (non-hydrogen) atoms. The van der Waals surface area contributed by atoms with E-state index in [9.17, 15) is 12.8 Å². The Morgan fingerprint density at radius 2 is 2.08 bits per heavy atom. The lowest BCUT2D eigenvalue weighted by Gasteiger charge is -2.39. The second kappa shape index (κ2) is 6.27. The third-order valence-corrected chi connectivity index (χ3v) is 7.96. The van der Waals surface area contributed by atoms with Crippen LogP contribution in [0.15, 0.2) is 29.3 Å². The van der Waals surface area contributed by atoms with E-state index in [1.54, 1.807) is 33.0 Å². The summed E-state index contributed by atoms with van der Waals surface area (Å²) in [7, 11) is -1.37. The lowest BCUT2D eigenvalue weighted by atomic mass is 9.96. The Morgan fingerprint density at radius 1 is 1.36 bits per heavy atom. The number of rotatable bonds is 3. The first-order chi connectivity index (χ1) is 11.7. The van der Waals surface area contributed by atoms with Crippen LogP contribution in [0.3, 0.4) is 0 Å². The maximum Gasteiger partial charge on any atom is 0.193 e. The first kappa shape index (κ1) is 18.2. The van der Waals surface area contributed by atoms with Gasteiger partial charge in [-0.15, -0.1) is 0 Å². The summed E-state index contributed by atoms with van der Waals surface area (Å²) < 4.78 is 37.1. The number of hydrogen-bond acceptors (Lipinski definition) is 3. The van der Waals surface area contributed by atoms with E-state index in [2.05, 4.69) is 10.3 Å². The molecule has 0 radical (unpaired) electrons. The van der Waals surface area contributed by atoms with Crippen LogP contribution in [0.25, 0.3) is 0 Å². The monoisotopic (exact) mass is 367 g/mol. The second-order valence-electron chi connectivity index (χ2n) is 7.69. The number of sulfone groups is 1. The Labute approximate surface area is 149 Å². The van der Waals surface area contributed by atoms with Crippen molar-refractivity contribution in [3.05, 3.63) is 35.6 Å². The van der Waals surface area contributed by atoms with Crippen molar-refractivity contribution in [3.8, 4) is 0 Å². The maximum atomic E-state index is 13.5. The first-order valence-electron chi connectivity index (χ1n) is 8.63.